The van der Waals surface area contributed by atoms with Crippen LogP contribution in [0.2, 0.25) is 0 Å². The van der Waals surface area contributed by atoms with Crippen molar-refractivity contribution in [1.82, 2.24) is 9.55 Å². The summed E-state index contributed by atoms with van der Waals surface area (Å²) >= 11 is 0. The van der Waals surface area contributed by atoms with Gasteiger partial charge in [0.05, 0.1) is 5.52 Å². The van der Waals surface area contributed by atoms with E-state index in [1.807, 2.05) is 26.0 Å². The first-order valence-electron chi connectivity index (χ1n) is 9.27. The van der Waals surface area contributed by atoms with Crippen molar-refractivity contribution < 1.29 is 4.39 Å². The lowest BCUT2D eigenvalue weighted by molar-refractivity contribution is 0.240. The number of hydrogen-bond donors (Lipinski definition) is 0. The fourth-order valence-electron chi connectivity index (χ4n) is 3.33. The molecule has 1 aromatic carbocycles. The predicted molar refractivity (Wildman–Crippen MR) is 108 cm³/mol. The van der Waals surface area contributed by atoms with Crippen molar-refractivity contribution in [1.29, 1.82) is 0 Å². The van der Waals surface area contributed by atoms with Gasteiger partial charge < -0.3 is 0 Å². The second-order valence-corrected chi connectivity index (χ2v) is 7.55. The van der Waals surface area contributed by atoms with Crippen LogP contribution in [0.25, 0.3) is 10.9 Å². The first kappa shape index (κ1) is 19.0. The molecule has 1 aliphatic heterocycles. The lowest BCUT2D eigenvalue weighted by atomic mass is 9.85. The Morgan fingerprint density at radius 3 is 2.93 bits per heavy atom. The molecule has 3 rings (SSSR count). The summed E-state index contributed by atoms with van der Waals surface area (Å²) in [5.74, 6) is 6.04. The molecule has 27 heavy (non-hydrogen) atoms. The van der Waals surface area contributed by atoms with Crippen LogP contribution in [0.15, 0.2) is 34.1 Å². The zero-order valence-corrected chi connectivity index (χ0v) is 16.3. The van der Waals surface area contributed by atoms with Gasteiger partial charge in [0.2, 0.25) is 0 Å². The molecule has 0 fully saturated rings. The Morgan fingerprint density at radius 1 is 1.44 bits per heavy atom. The van der Waals surface area contributed by atoms with E-state index in [2.05, 4.69) is 35.7 Å². The summed E-state index contributed by atoms with van der Waals surface area (Å²) in [7, 11) is 0. The van der Waals surface area contributed by atoms with Gasteiger partial charge >= 0.3 is 0 Å². The molecule has 5 heteroatoms. The van der Waals surface area contributed by atoms with E-state index in [9.17, 15) is 9.18 Å². The zero-order valence-electron chi connectivity index (χ0n) is 16.3. The number of hydrogen-bond acceptors (Lipinski definition) is 3. The molecule has 1 aliphatic rings. The van der Waals surface area contributed by atoms with Gasteiger partial charge in [-0.05, 0) is 49.8 Å². The number of nitrogens with zero attached hydrogens (tertiary/aromatic N) is 3. The van der Waals surface area contributed by atoms with Crippen LogP contribution in [0.3, 0.4) is 0 Å². The number of halogens is 1. The lowest BCUT2D eigenvalue weighted by Gasteiger charge is -2.31. The number of aromatic nitrogens is 2. The first-order chi connectivity index (χ1) is 12.8. The molecule has 0 atom stereocenters. The van der Waals surface area contributed by atoms with Crippen LogP contribution in [0.1, 0.15) is 45.5 Å². The molecule has 0 radical (unpaired) electrons. The Balaban J connectivity index is 2.11. The van der Waals surface area contributed by atoms with Crippen molar-refractivity contribution in [2.45, 2.75) is 47.1 Å². The highest BCUT2D eigenvalue weighted by Crippen LogP contribution is 2.29. The molecular weight excluding hydrogens is 341 g/mol. The van der Waals surface area contributed by atoms with Gasteiger partial charge in [-0.3, -0.25) is 14.4 Å². The highest BCUT2D eigenvalue weighted by molar-refractivity contribution is 6.09. The smallest absolute Gasteiger partial charge is 0.264 e. The molecule has 4 nitrogen and oxygen atoms in total. The summed E-state index contributed by atoms with van der Waals surface area (Å²) in [6.07, 6.45) is 5.34. The third-order valence-electron chi connectivity index (χ3n) is 4.69. The van der Waals surface area contributed by atoms with E-state index in [-0.39, 0.29) is 16.4 Å². The standard InChI is InChI=1S/C22H24FN3O/c1-5-7-16(24-6-2)9-8-15-12-17(23)20-18(13-15)25-19-10-11-22(3,4)14-26(19)21(20)27/h5,7,12-13H,6,10-11,14H2,1-4H3/b7-5-,24-16?. The van der Waals surface area contributed by atoms with E-state index in [4.69, 9.17) is 0 Å². The summed E-state index contributed by atoms with van der Waals surface area (Å²) in [5, 5.41) is 0.0397. The summed E-state index contributed by atoms with van der Waals surface area (Å²) in [5.41, 5.74) is 1.20. The molecule has 1 aromatic heterocycles. The molecule has 0 aliphatic carbocycles. The normalized spacial score (nSPS) is 16.3. The van der Waals surface area contributed by atoms with Gasteiger partial charge in [-0.25, -0.2) is 9.37 Å². The fraction of sp³-hybridized carbons (Fsp3) is 0.409. The topological polar surface area (TPSA) is 47.2 Å². The molecular formula is C22H24FN3O. The van der Waals surface area contributed by atoms with E-state index in [0.29, 0.717) is 36.3 Å². The molecule has 2 heterocycles. The van der Waals surface area contributed by atoms with Crippen molar-refractivity contribution in [3.63, 3.8) is 0 Å². The van der Waals surface area contributed by atoms with Crippen LogP contribution in [0, 0.1) is 23.1 Å². The van der Waals surface area contributed by atoms with Gasteiger partial charge in [0, 0.05) is 25.1 Å². The number of rotatable bonds is 2. The highest BCUT2D eigenvalue weighted by Gasteiger charge is 2.28. The first-order valence-corrected chi connectivity index (χ1v) is 9.27. The number of benzene rings is 1. The molecule has 0 saturated carbocycles. The van der Waals surface area contributed by atoms with Gasteiger partial charge in [-0.2, -0.15) is 0 Å². The summed E-state index contributed by atoms with van der Waals surface area (Å²) in [6, 6.07) is 2.99. The number of aryl methyl sites for hydroxylation is 1. The molecule has 2 aromatic rings. The average Bonchev–Trinajstić information content (AvgIpc) is 2.60. The average molecular weight is 365 g/mol. The fourth-order valence-corrected chi connectivity index (χ4v) is 3.33. The van der Waals surface area contributed by atoms with Crippen molar-refractivity contribution >= 4 is 16.6 Å². The zero-order chi connectivity index (χ0) is 19.6. The minimum Gasteiger partial charge on any atom is -0.295 e. The molecule has 0 unspecified atom stereocenters. The monoisotopic (exact) mass is 365 g/mol. The third-order valence-corrected chi connectivity index (χ3v) is 4.69. The van der Waals surface area contributed by atoms with Gasteiger partial charge in [0.1, 0.15) is 22.7 Å². The van der Waals surface area contributed by atoms with Crippen LogP contribution in [0.5, 0.6) is 0 Å². The second kappa shape index (κ2) is 7.48. The van der Waals surface area contributed by atoms with E-state index in [0.717, 1.165) is 12.2 Å². The minimum absolute atomic E-state index is 0.00981. The maximum absolute atomic E-state index is 14.7. The van der Waals surface area contributed by atoms with Crippen LogP contribution in [-0.4, -0.2) is 21.8 Å². The maximum Gasteiger partial charge on any atom is 0.264 e. The number of aliphatic imine (C=N–C) groups is 1. The van der Waals surface area contributed by atoms with E-state index in [1.54, 1.807) is 10.6 Å². The molecule has 0 bridgehead atoms. The van der Waals surface area contributed by atoms with E-state index < -0.39 is 5.82 Å². The van der Waals surface area contributed by atoms with Crippen molar-refractivity contribution in [3.8, 4) is 11.8 Å². The molecule has 0 amide bonds. The quantitative estimate of drug-likeness (QED) is 0.599. The Hall–Kier alpha value is -2.74. The van der Waals surface area contributed by atoms with E-state index in [1.165, 1.54) is 6.07 Å². The second-order valence-electron chi connectivity index (χ2n) is 7.55. The summed E-state index contributed by atoms with van der Waals surface area (Å²) in [6.45, 7) is 9.24. The number of allylic oxidation sites excluding steroid dienone is 2. The van der Waals surface area contributed by atoms with Gasteiger partial charge in [-0.1, -0.05) is 25.8 Å². The van der Waals surface area contributed by atoms with Crippen LogP contribution in [-0.2, 0) is 13.0 Å². The van der Waals surface area contributed by atoms with Crippen LogP contribution in [0.4, 0.5) is 4.39 Å². The van der Waals surface area contributed by atoms with Gasteiger partial charge in [0.25, 0.3) is 5.56 Å². The Kier molecular flexibility index (Phi) is 5.27. The SMILES string of the molecule is C/C=C\C(C#Cc1cc(F)c2c(=O)n3c(nc2c1)CCC(C)(C)C3)=NCC. The van der Waals surface area contributed by atoms with Crippen molar-refractivity contribution in [2.24, 2.45) is 10.4 Å². The Morgan fingerprint density at radius 2 is 2.22 bits per heavy atom. The molecule has 0 saturated heterocycles. The van der Waals surface area contributed by atoms with Crippen LogP contribution >= 0.6 is 0 Å². The number of fused-ring (bicyclic) bond motifs is 2. The van der Waals surface area contributed by atoms with Gasteiger partial charge in [0.15, 0.2) is 0 Å². The maximum atomic E-state index is 14.7. The van der Waals surface area contributed by atoms with Crippen molar-refractivity contribution in [3.05, 3.63) is 51.8 Å². The predicted octanol–water partition coefficient (Wildman–Crippen LogP) is 3.90. The van der Waals surface area contributed by atoms with Crippen molar-refractivity contribution in [2.75, 3.05) is 6.54 Å². The molecule has 0 N–H and O–H groups in total. The largest absolute Gasteiger partial charge is 0.295 e. The lowest BCUT2D eigenvalue weighted by Crippen LogP contribution is -2.36. The molecule has 140 valence electrons. The highest BCUT2D eigenvalue weighted by atomic mass is 19.1. The minimum atomic E-state index is -0.576. The summed E-state index contributed by atoms with van der Waals surface area (Å²) < 4.78 is 16.3. The Bertz CT molecular complexity index is 1060. The molecule has 0 spiro atoms. The Labute approximate surface area is 158 Å². The van der Waals surface area contributed by atoms with E-state index >= 15 is 0 Å². The summed E-state index contributed by atoms with van der Waals surface area (Å²) in [4.78, 5) is 21.7. The van der Waals surface area contributed by atoms with Crippen LogP contribution < -0.4 is 5.56 Å². The van der Waals surface area contributed by atoms with Gasteiger partial charge in [-0.15, -0.1) is 0 Å². The third kappa shape index (κ3) is 4.00.